The first kappa shape index (κ1) is 19.7. The summed E-state index contributed by atoms with van der Waals surface area (Å²) in [5.41, 5.74) is 4.70. The third kappa shape index (κ3) is 2.83. The number of ether oxygens (including phenoxy) is 1. The van der Waals surface area contributed by atoms with Gasteiger partial charge in [-0.3, -0.25) is 4.79 Å². The van der Waals surface area contributed by atoms with Crippen molar-refractivity contribution in [1.29, 1.82) is 0 Å². The smallest absolute Gasteiger partial charge is 0.341 e. The molecule has 160 valence electrons. The standard InChI is InChI=1S/C20H20ClF2N3O4/c21-15-16-10(18(27)11(19(28)29)6-26(16)14-4-12(14)22)3-13(23)17(15)25-5-9-1-2-30-8-20(9,24)7-25/h3,6,9,12,14H,1-2,4-5,7-8,24H2,(H,28,29)/t9-,12-,14+,20-/m0/s1. The van der Waals surface area contributed by atoms with Crippen LogP contribution in [0.15, 0.2) is 17.1 Å². The lowest BCUT2D eigenvalue weighted by atomic mass is 9.85. The van der Waals surface area contributed by atoms with E-state index in [-0.39, 0.29) is 34.0 Å². The van der Waals surface area contributed by atoms with Crippen molar-refractivity contribution < 1.29 is 23.4 Å². The molecule has 0 bridgehead atoms. The van der Waals surface area contributed by atoms with Crippen LogP contribution in [0.25, 0.3) is 10.9 Å². The second-order valence-electron chi connectivity index (χ2n) is 8.47. The average Bonchev–Trinajstić information content (AvgIpc) is 3.29. The third-order valence-electron chi connectivity index (χ3n) is 6.49. The number of aromatic carboxylic acids is 1. The maximum Gasteiger partial charge on any atom is 0.341 e. The number of alkyl halides is 1. The van der Waals surface area contributed by atoms with Gasteiger partial charge in [0, 0.05) is 38.2 Å². The average molecular weight is 440 g/mol. The van der Waals surface area contributed by atoms with Crippen molar-refractivity contribution in [3.63, 3.8) is 0 Å². The summed E-state index contributed by atoms with van der Waals surface area (Å²) < 4.78 is 36.0. The third-order valence-corrected chi connectivity index (χ3v) is 6.85. The molecule has 0 radical (unpaired) electrons. The van der Waals surface area contributed by atoms with Crippen molar-refractivity contribution in [2.24, 2.45) is 11.7 Å². The number of fused-ring (bicyclic) bond motifs is 2. The molecule has 4 atom stereocenters. The van der Waals surface area contributed by atoms with Gasteiger partial charge in [-0.1, -0.05) is 11.6 Å². The van der Waals surface area contributed by atoms with Crippen molar-refractivity contribution >= 4 is 34.2 Å². The lowest BCUT2D eigenvalue weighted by Gasteiger charge is -2.34. The SMILES string of the molecule is N[C@@]12COCC[C@H]1CN(c1c(F)cc3c(=O)c(C(=O)O)cn([C@@H]4C[C@@H]4F)c3c1Cl)C2. The fourth-order valence-corrected chi connectivity index (χ4v) is 5.18. The first-order valence-electron chi connectivity index (χ1n) is 9.77. The maximum absolute atomic E-state index is 15.2. The Morgan fingerprint density at radius 2 is 2.17 bits per heavy atom. The van der Waals surface area contributed by atoms with Gasteiger partial charge in [0.15, 0.2) is 0 Å². The van der Waals surface area contributed by atoms with E-state index in [1.165, 1.54) is 4.57 Å². The Hall–Kier alpha value is -2.23. The highest BCUT2D eigenvalue weighted by molar-refractivity contribution is 6.38. The Bertz CT molecular complexity index is 1140. The molecule has 3 heterocycles. The van der Waals surface area contributed by atoms with Crippen molar-refractivity contribution in [3.05, 3.63) is 38.9 Å². The first-order chi connectivity index (χ1) is 14.2. The van der Waals surface area contributed by atoms with Crippen LogP contribution in [0.2, 0.25) is 5.02 Å². The highest BCUT2D eigenvalue weighted by Gasteiger charge is 2.47. The number of carboxylic acid groups (broad SMARTS) is 1. The zero-order valence-electron chi connectivity index (χ0n) is 15.9. The van der Waals surface area contributed by atoms with Gasteiger partial charge in [0.1, 0.15) is 17.6 Å². The molecule has 5 rings (SSSR count). The zero-order valence-corrected chi connectivity index (χ0v) is 16.7. The number of carbonyl (C=O) groups is 1. The molecular weight excluding hydrogens is 420 g/mol. The monoisotopic (exact) mass is 439 g/mol. The van der Waals surface area contributed by atoms with Gasteiger partial charge in [-0.15, -0.1) is 0 Å². The van der Waals surface area contributed by atoms with Crippen LogP contribution < -0.4 is 16.1 Å². The summed E-state index contributed by atoms with van der Waals surface area (Å²) >= 11 is 6.62. The van der Waals surface area contributed by atoms with E-state index in [0.29, 0.717) is 26.3 Å². The lowest BCUT2D eigenvalue weighted by Crippen LogP contribution is -2.54. The van der Waals surface area contributed by atoms with E-state index in [1.807, 2.05) is 0 Å². The number of hydrogen-bond donors (Lipinski definition) is 2. The molecule has 0 spiro atoms. The van der Waals surface area contributed by atoms with Crippen molar-refractivity contribution in [2.45, 2.75) is 30.6 Å². The number of aromatic nitrogens is 1. The van der Waals surface area contributed by atoms with Crippen LogP contribution in [-0.4, -0.2) is 53.7 Å². The van der Waals surface area contributed by atoms with Gasteiger partial charge in [-0.05, 0) is 12.5 Å². The molecule has 1 aliphatic carbocycles. The molecule has 2 aromatic rings. The second-order valence-corrected chi connectivity index (χ2v) is 8.85. The molecule has 3 aliphatic rings. The maximum atomic E-state index is 15.2. The number of anilines is 1. The molecule has 0 amide bonds. The van der Waals surface area contributed by atoms with Crippen LogP contribution in [0.5, 0.6) is 0 Å². The fraction of sp³-hybridized carbons (Fsp3) is 0.500. The fourth-order valence-electron chi connectivity index (χ4n) is 4.77. The van der Waals surface area contributed by atoms with E-state index in [2.05, 4.69) is 0 Å². The van der Waals surface area contributed by atoms with E-state index >= 15 is 4.39 Å². The van der Waals surface area contributed by atoms with Crippen LogP contribution >= 0.6 is 11.6 Å². The molecule has 2 saturated heterocycles. The van der Waals surface area contributed by atoms with E-state index in [0.717, 1.165) is 18.7 Å². The number of nitrogens with zero attached hydrogens (tertiary/aromatic N) is 2. The Balaban J connectivity index is 1.71. The number of carboxylic acids is 1. The molecule has 1 aromatic carbocycles. The summed E-state index contributed by atoms with van der Waals surface area (Å²) in [5, 5.41) is 9.14. The zero-order chi connectivity index (χ0) is 21.4. The number of halogens is 3. The summed E-state index contributed by atoms with van der Waals surface area (Å²) in [6.07, 6.45) is 0.848. The molecule has 10 heteroatoms. The minimum absolute atomic E-state index is 0.0405. The van der Waals surface area contributed by atoms with Gasteiger partial charge in [-0.2, -0.15) is 0 Å². The molecular formula is C20H20ClF2N3O4. The Kier molecular flexibility index (Phi) is 4.36. The van der Waals surface area contributed by atoms with Gasteiger partial charge < -0.3 is 25.0 Å². The minimum Gasteiger partial charge on any atom is -0.477 e. The molecule has 7 nitrogen and oxygen atoms in total. The molecule has 1 saturated carbocycles. The molecule has 2 aliphatic heterocycles. The topological polar surface area (TPSA) is 97.8 Å². The van der Waals surface area contributed by atoms with Gasteiger partial charge in [0.2, 0.25) is 5.43 Å². The van der Waals surface area contributed by atoms with Crippen molar-refractivity contribution in [1.82, 2.24) is 4.57 Å². The van der Waals surface area contributed by atoms with Crippen LogP contribution in [0, 0.1) is 11.7 Å². The Morgan fingerprint density at radius 3 is 2.80 bits per heavy atom. The molecule has 3 fully saturated rings. The normalized spacial score (nSPS) is 30.5. The summed E-state index contributed by atoms with van der Waals surface area (Å²) in [6.45, 7) is 1.75. The van der Waals surface area contributed by atoms with Crippen LogP contribution in [0.1, 0.15) is 29.2 Å². The van der Waals surface area contributed by atoms with E-state index < -0.39 is 40.5 Å². The van der Waals surface area contributed by atoms with Crippen LogP contribution in [0.4, 0.5) is 14.5 Å². The first-order valence-corrected chi connectivity index (χ1v) is 10.1. The van der Waals surface area contributed by atoms with E-state index in [4.69, 9.17) is 22.1 Å². The number of hydrogen-bond acceptors (Lipinski definition) is 5. The predicted molar refractivity (Wildman–Crippen MR) is 107 cm³/mol. The summed E-state index contributed by atoms with van der Waals surface area (Å²) in [5.74, 6) is -2.09. The largest absolute Gasteiger partial charge is 0.477 e. The van der Waals surface area contributed by atoms with Gasteiger partial charge in [0.05, 0.1) is 39.8 Å². The van der Waals surface area contributed by atoms with Crippen LogP contribution in [0.3, 0.4) is 0 Å². The summed E-state index contributed by atoms with van der Waals surface area (Å²) in [7, 11) is 0. The Labute approximate surface area is 175 Å². The number of rotatable bonds is 3. The molecule has 30 heavy (non-hydrogen) atoms. The van der Waals surface area contributed by atoms with Gasteiger partial charge >= 0.3 is 5.97 Å². The minimum atomic E-state index is -1.46. The van der Waals surface area contributed by atoms with Crippen LogP contribution in [-0.2, 0) is 4.74 Å². The van der Waals surface area contributed by atoms with Gasteiger partial charge in [-0.25, -0.2) is 13.6 Å². The molecule has 0 unspecified atom stereocenters. The van der Waals surface area contributed by atoms with E-state index in [1.54, 1.807) is 4.90 Å². The number of nitrogens with two attached hydrogens (primary N) is 1. The van der Waals surface area contributed by atoms with Crippen molar-refractivity contribution in [2.75, 3.05) is 31.2 Å². The predicted octanol–water partition coefficient (Wildman–Crippen LogP) is 2.33. The van der Waals surface area contributed by atoms with Crippen molar-refractivity contribution in [3.8, 4) is 0 Å². The van der Waals surface area contributed by atoms with E-state index in [9.17, 15) is 19.1 Å². The number of benzene rings is 1. The highest BCUT2D eigenvalue weighted by atomic mass is 35.5. The molecule has 1 aromatic heterocycles. The highest BCUT2D eigenvalue weighted by Crippen LogP contribution is 2.45. The molecule has 3 N–H and O–H groups in total. The summed E-state index contributed by atoms with van der Waals surface area (Å²) in [6, 6.07) is 0.358. The Morgan fingerprint density at radius 1 is 1.43 bits per heavy atom. The quantitative estimate of drug-likeness (QED) is 0.761. The number of pyridine rings is 1. The second kappa shape index (κ2) is 6.63. The lowest BCUT2D eigenvalue weighted by molar-refractivity contribution is 0.0203. The van der Waals surface area contributed by atoms with Gasteiger partial charge in [0.25, 0.3) is 0 Å². The summed E-state index contributed by atoms with van der Waals surface area (Å²) in [4.78, 5) is 25.9.